The molecule has 4 heteroatoms. The third-order valence-electron chi connectivity index (χ3n) is 2.42. The van der Waals surface area contributed by atoms with Gasteiger partial charge in [-0.05, 0) is 31.7 Å². The number of likely N-dealkylation sites (N-methyl/N-ethyl adjacent to an activating group) is 1. The van der Waals surface area contributed by atoms with Gasteiger partial charge in [-0.2, -0.15) is 0 Å². The number of aryl methyl sites for hydroxylation is 1. The van der Waals surface area contributed by atoms with Gasteiger partial charge in [0.25, 0.3) is 0 Å². The first-order chi connectivity index (χ1) is 7.63. The highest BCUT2D eigenvalue weighted by atomic mass is 16.5. The van der Waals surface area contributed by atoms with Gasteiger partial charge in [-0.3, -0.25) is 0 Å². The molecule has 90 valence electrons. The lowest BCUT2D eigenvalue weighted by atomic mass is 10.0. The zero-order valence-corrected chi connectivity index (χ0v) is 10.2. The summed E-state index contributed by atoms with van der Waals surface area (Å²) < 4.78 is 10.5. The third-order valence-corrected chi connectivity index (χ3v) is 2.42. The van der Waals surface area contributed by atoms with Gasteiger partial charge >= 0.3 is 0 Å². The summed E-state index contributed by atoms with van der Waals surface area (Å²) in [6, 6.07) is 3.77. The normalized spacial score (nSPS) is 12.3. The van der Waals surface area contributed by atoms with Gasteiger partial charge in [0.1, 0.15) is 11.5 Å². The summed E-state index contributed by atoms with van der Waals surface area (Å²) in [5.74, 6) is 1.30. The lowest BCUT2D eigenvalue weighted by molar-refractivity contribution is 0.169. The molecule has 0 radical (unpaired) electrons. The van der Waals surface area contributed by atoms with Gasteiger partial charge in [-0.15, -0.1) is 0 Å². The Balaban J connectivity index is 3.21. The quantitative estimate of drug-likeness (QED) is 0.792. The number of benzene rings is 1. The van der Waals surface area contributed by atoms with Crippen LogP contribution < -0.4 is 14.8 Å². The summed E-state index contributed by atoms with van der Waals surface area (Å²) in [5, 5.41) is 12.9. The van der Waals surface area contributed by atoms with Gasteiger partial charge in [0.2, 0.25) is 0 Å². The standard InChI is InChI=1S/C12H19NO3/c1-8-5-10(15-3)12(9(14)7-13-2)11(6-8)16-4/h5-6,9,13-14H,7H2,1-4H3. The van der Waals surface area contributed by atoms with Crippen LogP contribution in [0.4, 0.5) is 0 Å². The van der Waals surface area contributed by atoms with Crippen LogP contribution in [-0.2, 0) is 0 Å². The minimum atomic E-state index is -0.643. The van der Waals surface area contributed by atoms with Crippen LogP contribution in [0.2, 0.25) is 0 Å². The Labute approximate surface area is 96.2 Å². The minimum Gasteiger partial charge on any atom is -0.496 e. The Kier molecular flexibility index (Phi) is 4.58. The van der Waals surface area contributed by atoms with E-state index in [9.17, 15) is 5.11 Å². The number of methoxy groups -OCH3 is 2. The second-order valence-corrected chi connectivity index (χ2v) is 3.66. The van der Waals surface area contributed by atoms with Crippen LogP contribution in [-0.4, -0.2) is 32.9 Å². The van der Waals surface area contributed by atoms with Crippen molar-refractivity contribution in [3.05, 3.63) is 23.3 Å². The molecule has 0 aromatic heterocycles. The molecule has 1 rings (SSSR count). The average Bonchev–Trinajstić information content (AvgIpc) is 2.27. The zero-order valence-electron chi connectivity index (χ0n) is 10.2. The Morgan fingerprint density at radius 3 is 2.12 bits per heavy atom. The van der Waals surface area contributed by atoms with Crippen LogP contribution in [0.25, 0.3) is 0 Å². The lowest BCUT2D eigenvalue weighted by Gasteiger charge is -2.18. The van der Waals surface area contributed by atoms with Crippen molar-refractivity contribution in [2.45, 2.75) is 13.0 Å². The molecule has 0 amide bonds. The first-order valence-electron chi connectivity index (χ1n) is 5.19. The van der Waals surface area contributed by atoms with Crippen molar-refractivity contribution in [1.82, 2.24) is 5.32 Å². The smallest absolute Gasteiger partial charge is 0.128 e. The third kappa shape index (κ3) is 2.65. The monoisotopic (exact) mass is 225 g/mol. The average molecular weight is 225 g/mol. The number of aliphatic hydroxyl groups excluding tert-OH is 1. The Hall–Kier alpha value is -1.26. The van der Waals surface area contributed by atoms with Crippen molar-refractivity contribution >= 4 is 0 Å². The van der Waals surface area contributed by atoms with Crippen molar-refractivity contribution in [2.75, 3.05) is 27.8 Å². The van der Waals surface area contributed by atoms with E-state index in [1.807, 2.05) is 19.1 Å². The highest BCUT2D eigenvalue weighted by Gasteiger charge is 2.18. The maximum absolute atomic E-state index is 10.0. The summed E-state index contributed by atoms with van der Waals surface area (Å²) in [4.78, 5) is 0. The van der Waals surface area contributed by atoms with Crippen molar-refractivity contribution in [2.24, 2.45) is 0 Å². The first-order valence-corrected chi connectivity index (χ1v) is 5.19. The number of nitrogens with one attached hydrogen (secondary N) is 1. The summed E-state index contributed by atoms with van der Waals surface area (Å²) >= 11 is 0. The maximum Gasteiger partial charge on any atom is 0.128 e. The van der Waals surface area contributed by atoms with Crippen LogP contribution in [0.15, 0.2) is 12.1 Å². The van der Waals surface area contributed by atoms with E-state index in [2.05, 4.69) is 5.32 Å². The van der Waals surface area contributed by atoms with E-state index < -0.39 is 6.10 Å². The van der Waals surface area contributed by atoms with Gasteiger partial charge in [-0.1, -0.05) is 0 Å². The molecule has 1 atom stereocenters. The van der Waals surface area contributed by atoms with Gasteiger partial charge in [-0.25, -0.2) is 0 Å². The summed E-state index contributed by atoms with van der Waals surface area (Å²) in [6.45, 7) is 2.41. The molecular formula is C12H19NO3. The maximum atomic E-state index is 10.0. The predicted molar refractivity (Wildman–Crippen MR) is 63.2 cm³/mol. The first kappa shape index (κ1) is 12.8. The molecule has 16 heavy (non-hydrogen) atoms. The fraction of sp³-hybridized carbons (Fsp3) is 0.500. The highest BCUT2D eigenvalue weighted by Crippen LogP contribution is 2.35. The van der Waals surface area contributed by atoms with Crippen molar-refractivity contribution < 1.29 is 14.6 Å². The van der Waals surface area contributed by atoms with E-state index in [1.165, 1.54) is 0 Å². The number of ether oxygens (including phenoxy) is 2. The van der Waals surface area contributed by atoms with Crippen LogP contribution in [0.5, 0.6) is 11.5 Å². The molecule has 1 aromatic carbocycles. The summed E-state index contributed by atoms with van der Waals surface area (Å²) in [7, 11) is 4.96. The van der Waals surface area contributed by atoms with Gasteiger partial charge in [0, 0.05) is 6.54 Å². The Morgan fingerprint density at radius 2 is 1.75 bits per heavy atom. The zero-order chi connectivity index (χ0) is 12.1. The minimum absolute atomic E-state index is 0.454. The second kappa shape index (κ2) is 5.72. The number of hydrogen-bond donors (Lipinski definition) is 2. The van der Waals surface area contributed by atoms with Gasteiger partial charge in [0.05, 0.1) is 25.9 Å². The van der Waals surface area contributed by atoms with Crippen molar-refractivity contribution in [1.29, 1.82) is 0 Å². The van der Waals surface area contributed by atoms with Crippen molar-refractivity contribution in [3.63, 3.8) is 0 Å². The topological polar surface area (TPSA) is 50.7 Å². The molecule has 4 nitrogen and oxygen atoms in total. The van der Waals surface area contributed by atoms with Gasteiger partial charge in [0.15, 0.2) is 0 Å². The lowest BCUT2D eigenvalue weighted by Crippen LogP contribution is -2.18. The SMILES string of the molecule is CNCC(O)c1c(OC)cc(C)cc1OC. The van der Waals surface area contributed by atoms with Crippen LogP contribution >= 0.6 is 0 Å². The van der Waals surface area contributed by atoms with Crippen molar-refractivity contribution in [3.8, 4) is 11.5 Å². The van der Waals surface area contributed by atoms with Crippen LogP contribution in [0, 0.1) is 6.92 Å². The largest absolute Gasteiger partial charge is 0.496 e. The van der Waals surface area contributed by atoms with E-state index in [0.717, 1.165) is 5.56 Å². The molecule has 0 aliphatic rings. The summed E-state index contributed by atoms with van der Waals surface area (Å²) in [5.41, 5.74) is 1.72. The van der Waals surface area contributed by atoms with E-state index in [1.54, 1.807) is 21.3 Å². The highest BCUT2D eigenvalue weighted by molar-refractivity contribution is 5.49. The Morgan fingerprint density at radius 1 is 1.25 bits per heavy atom. The molecule has 0 saturated carbocycles. The molecule has 0 heterocycles. The summed E-state index contributed by atoms with van der Waals surface area (Å²) in [6.07, 6.45) is -0.643. The van der Waals surface area contributed by atoms with Crippen LogP contribution in [0.3, 0.4) is 0 Å². The molecule has 1 unspecified atom stereocenters. The molecular weight excluding hydrogens is 206 g/mol. The molecule has 1 aromatic rings. The molecule has 0 fully saturated rings. The molecule has 0 saturated heterocycles. The molecule has 0 aliphatic heterocycles. The molecule has 0 aliphatic carbocycles. The molecule has 0 bridgehead atoms. The predicted octanol–water partition coefficient (Wildman–Crippen LogP) is 1.27. The van der Waals surface area contributed by atoms with E-state index in [-0.39, 0.29) is 0 Å². The van der Waals surface area contributed by atoms with E-state index in [4.69, 9.17) is 9.47 Å². The molecule has 0 spiro atoms. The van der Waals surface area contributed by atoms with Crippen LogP contribution in [0.1, 0.15) is 17.2 Å². The number of hydrogen-bond acceptors (Lipinski definition) is 4. The fourth-order valence-corrected chi connectivity index (χ4v) is 1.69. The fourth-order valence-electron chi connectivity index (χ4n) is 1.69. The number of rotatable bonds is 5. The number of aliphatic hydroxyl groups is 1. The second-order valence-electron chi connectivity index (χ2n) is 3.66. The Bertz CT molecular complexity index is 327. The van der Waals surface area contributed by atoms with Gasteiger partial charge < -0.3 is 19.9 Å². The van der Waals surface area contributed by atoms with E-state index in [0.29, 0.717) is 23.6 Å². The molecule has 2 N–H and O–H groups in total. The van der Waals surface area contributed by atoms with E-state index >= 15 is 0 Å².